The molecule has 1 aliphatic heterocycles. The third-order valence-corrected chi connectivity index (χ3v) is 4.60. The smallest absolute Gasteiger partial charge is 0.357 e. The summed E-state index contributed by atoms with van der Waals surface area (Å²) in [6, 6.07) is 4.40. The Bertz CT molecular complexity index is 609. The van der Waals surface area contributed by atoms with E-state index in [1.165, 1.54) is 11.9 Å². The predicted molar refractivity (Wildman–Crippen MR) is 107 cm³/mol. The van der Waals surface area contributed by atoms with Gasteiger partial charge < -0.3 is 15.5 Å². The third-order valence-electron chi connectivity index (χ3n) is 4.60. The molecule has 0 atom stereocenters. The number of halogens is 3. The van der Waals surface area contributed by atoms with E-state index < -0.39 is 12.7 Å². The lowest BCUT2D eigenvalue weighted by Gasteiger charge is -2.33. The molecule has 1 aliphatic rings. The molecule has 1 fully saturated rings. The minimum absolute atomic E-state index is 0.258. The highest BCUT2D eigenvalue weighted by molar-refractivity contribution is 5.80. The van der Waals surface area contributed by atoms with Gasteiger partial charge in [0.25, 0.3) is 0 Å². The Kier molecular flexibility index (Phi) is 8.35. The van der Waals surface area contributed by atoms with Crippen molar-refractivity contribution >= 4 is 11.8 Å². The summed E-state index contributed by atoms with van der Waals surface area (Å²) in [5.41, 5.74) is 1.15. The molecule has 2 N–H and O–H groups in total. The van der Waals surface area contributed by atoms with E-state index in [4.69, 9.17) is 0 Å². The minimum atomic E-state index is -4.18. The molecule has 1 aromatic heterocycles. The fraction of sp³-hybridized carbons (Fsp3) is 0.684. The molecule has 0 aromatic carbocycles. The molecular weight excluding hydrogens is 369 g/mol. The van der Waals surface area contributed by atoms with Crippen molar-refractivity contribution in [1.82, 2.24) is 20.5 Å². The molecule has 0 saturated carbocycles. The van der Waals surface area contributed by atoms with Gasteiger partial charge in [-0.05, 0) is 45.4 Å². The van der Waals surface area contributed by atoms with Gasteiger partial charge in [0, 0.05) is 38.4 Å². The fourth-order valence-electron chi connectivity index (χ4n) is 3.13. The standard InChI is InChI=1S/C19H31F3N6/c1-4-23-18(24-9-12-27(3)14-19(20,21)22)26-16-7-10-28(11-8-16)17-6-5-15(2)13-25-17/h5-6,13,16H,4,7-12,14H2,1-3H3,(H2,23,24,26). The molecule has 0 aliphatic carbocycles. The van der Waals surface area contributed by atoms with E-state index >= 15 is 0 Å². The Morgan fingerprint density at radius 3 is 2.61 bits per heavy atom. The molecule has 0 spiro atoms. The van der Waals surface area contributed by atoms with Gasteiger partial charge >= 0.3 is 6.18 Å². The van der Waals surface area contributed by atoms with E-state index in [1.807, 2.05) is 26.1 Å². The van der Waals surface area contributed by atoms with E-state index in [0.29, 0.717) is 19.0 Å². The average molecular weight is 400 g/mol. The first-order chi connectivity index (χ1) is 13.3. The lowest BCUT2D eigenvalue weighted by molar-refractivity contribution is -0.142. The van der Waals surface area contributed by atoms with Gasteiger partial charge in [0.15, 0.2) is 5.96 Å². The molecule has 158 valence electrons. The second-order valence-electron chi connectivity index (χ2n) is 7.21. The largest absolute Gasteiger partial charge is 0.401 e. The van der Waals surface area contributed by atoms with E-state index in [2.05, 4.69) is 31.6 Å². The SMILES string of the molecule is CCNC(=NCCN(C)CC(F)(F)F)NC1CCN(c2ccc(C)cn2)CC1. The summed E-state index contributed by atoms with van der Waals surface area (Å²) in [4.78, 5) is 12.4. The van der Waals surface area contributed by atoms with Crippen molar-refractivity contribution in [2.45, 2.75) is 38.9 Å². The van der Waals surface area contributed by atoms with Crippen LogP contribution in [0.15, 0.2) is 23.3 Å². The van der Waals surface area contributed by atoms with Gasteiger partial charge in [0.1, 0.15) is 5.82 Å². The normalized spacial score (nSPS) is 16.5. The van der Waals surface area contributed by atoms with Crippen molar-refractivity contribution in [1.29, 1.82) is 0 Å². The lowest BCUT2D eigenvalue weighted by atomic mass is 10.1. The van der Waals surface area contributed by atoms with Crippen molar-refractivity contribution in [2.24, 2.45) is 4.99 Å². The Morgan fingerprint density at radius 2 is 2.04 bits per heavy atom. The van der Waals surface area contributed by atoms with Crippen molar-refractivity contribution in [3.8, 4) is 0 Å². The van der Waals surface area contributed by atoms with Gasteiger partial charge in [0.05, 0.1) is 13.1 Å². The number of aliphatic imine (C=N–C) groups is 1. The van der Waals surface area contributed by atoms with Crippen molar-refractivity contribution in [2.75, 3.05) is 51.2 Å². The monoisotopic (exact) mass is 400 g/mol. The first-order valence-corrected chi connectivity index (χ1v) is 9.74. The highest BCUT2D eigenvalue weighted by atomic mass is 19.4. The van der Waals surface area contributed by atoms with Crippen molar-refractivity contribution in [3.63, 3.8) is 0 Å². The van der Waals surface area contributed by atoms with E-state index in [1.54, 1.807) is 0 Å². The number of piperidine rings is 1. The van der Waals surface area contributed by atoms with Crippen LogP contribution < -0.4 is 15.5 Å². The van der Waals surface area contributed by atoms with Gasteiger partial charge in [-0.1, -0.05) is 6.07 Å². The van der Waals surface area contributed by atoms with Gasteiger partial charge in [0.2, 0.25) is 0 Å². The van der Waals surface area contributed by atoms with Crippen LogP contribution in [0.5, 0.6) is 0 Å². The Morgan fingerprint density at radius 1 is 1.32 bits per heavy atom. The second kappa shape index (κ2) is 10.5. The predicted octanol–water partition coefficient (Wildman–Crippen LogP) is 2.41. The summed E-state index contributed by atoms with van der Waals surface area (Å²) < 4.78 is 37.2. The van der Waals surface area contributed by atoms with Gasteiger partial charge in [-0.25, -0.2) is 4.98 Å². The maximum absolute atomic E-state index is 12.4. The van der Waals surface area contributed by atoms with Gasteiger partial charge in [-0.15, -0.1) is 0 Å². The van der Waals surface area contributed by atoms with Crippen LogP contribution in [-0.4, -0.2) is 74.4 Å². The molecule has 0 amide bonds. The molecule has 6 nitrogen and oxygen atoms in total. The first-order valence-electron chi connectivity index (χ1n) is 9.74. The maximum Gasteiger partial charge on any atom is 0.401 e. The van der Waals surface area contributed by atoms with Crippen LogP contribution in [0.4, 0.5) is 19.0 Å². The summed E-state index contributed by atoms with van der Waals surface area (Å²) in [5, 5.41) is 6.58. The summed E-state index contributed by atoms with van der Waals surface area (Å²) in [7, 11) is 1.46. The lowest BCUT2D eigenvalue weighted by Crippen LogP contribution is -2.49. The zero-order chi connectivity index (χ0) is 20.6. The number of hydrogen-bond acceptors (Lipinski definition) is 4. The molecule has 0 unspecified atom stereocenters. The van der Waals surface area contributed by atoms with E-state index in [-0.39, 0.29) is 12.6 Å². The first kappa shape index (κ1) is 22.3. The van der Waals surface area contributed by atoms with Crippen molar-refractivity contribution < 1.29 is 13.2 Å². The molecule has 28 heavy (non-hydrogen) atoms. The van der Waals surface area contributed by atoms with Gasteiger partial charge in [-0.3, -0.25) is 9.89 Å². The number of nitrogens with zero attached hydrogens (tertiary/aromatic N) is 4. The third kappa shape index (κ3) is 7.92. The summed E-state index contributed by atoms with van der Waals surface area (Å²) in [6.07, 6.45) is -0.394. The molecule has 2 heterocycles. The zero-order valence-corrected chi connectivity index (χ0v) is 16.9. The number of hydrogen-bond donors (Lipinski definition) is 2. The molecular formula is C19H31F3N6. The number of pyridine rings is 1. The van der Waals surface area contributed by atoms with Crippen LogP contribution in [0.25, 0.3) is 0 Å². The molecule has 1 aromatic rings. The topological polar surface area (TPSA) is 55.8 Å². The number of guanidine groups is 1. The summed E-state index contributed by atoms with van der Waals surface area (Å²) >= 11 is 0. The van der Waals surface area contributed by atoms with E-state index in [9.17, 15) is 13.2 Å². The van der Waals surface area contributed by atoms with Crippen molar-refractivity contribution in [3.05, 3.63) is 23.9 Å². The highest BCUT2D eigenvalue weighted by Crippen LogP contribution is 2.18. The highest BCUT2D eigenvalue weighted by Gasteiger charge is 2.28. The van der Waals surface area contributed by atoms with Crippen LogP contribution in [0, 0.1) is 6.92 Å². The number of aromatic nitrogens is 1. The van der Waals surface area contributed by atoms with Crippen LogP contribution >= 0.6 is 0 Å². The Hall–Kier alpha value is -2.03. The Labute approximate surface area is 165 Å². The number of alkyl halides is 3. The van der Waals surface area contributed by atoms with E-state index in [0.717, 1.165) is 37.3 Å². The fourth-order valence-corrected chi connectivity index (χ4v) is 3.13. The molecule has 2 rings (SSSR count). The quantitative estimate of drug-likeness (QED) is 0.544. The maximum atomic E-state index is 12.4. The van der Waals surface area contributed by atoms with Crippen LogP contribution in [-0.2, 0) is 0 Å². The number of rotatable bonds is 7. The number of anilines is 1. The molecule has 0 bridgehead atoms. The number of nitrogens with one attached hydrogen (secondary N) is 2. The number of aryl methyl sites for hydroxylation is 1. The van der Waals surface area contributed by atoms with Crippen LogP contribution in [0.2, 0.25) is 0 Å². The molecule has 0 radical (unpaired) electrons. The summed E-state index contributed by atoms with van der Waals surface area (Å²) in [6.45, 7) is 6.16. The van der Waals surface area contributed by atoms with Gasteiger partial charge in [-0.2, -0.15) is 13.2 Å². The zero-order valence-electron chi connectivity index (χ0n) is 16.9. The minimum Gasteiger partial charge on any atom is -0.357 e. The van der Waals surface area contributed by atoms with Crippen LogP contribution in [0.1, 0.15) is 25.3 Å². The van der Waals surface area contributed by atoms with Crippen LogP contribution in [0.3, 0.4) is 0 Å². The molecule has 9 heteroatoms. The number of likely N-dealkylation sites (N-methyl/N-ethyl adjacent to an activating group) is 1. The summed E-state index contributed by atoms with van der Waals surface area (Å²) in [5.74, 6) is 1.66. The molecule has 1 saturated heterocycles. The Balaban J connectivity index is 1.80. The average Bonchev–Trinajstić information content (AvgIpc) is 2.62. The second-order valence-corrected chi connectivity index (χ2v) is 7.21.